The normalized spacial score (nSPS) is 26.4. The van der Waals surface area contributed by atoms with E-state index in [1.54, 1.807) is 7.11 Å². The molecule has 0 saturated carbocycles. The molecule has 122 valence electrons. The van der Waals surface area contributed by atoms with Gasteiger partial charge in [0.15, 0.2) is 0 Å². The van der Waals surface area contributed by atoms with Crippen LogP contribution in [0.2, 0.25) is 0 Å². The van der Waals surface area contributed by atoms with E-state index in [0.29, 0.717) is 19.1 Å². The van der Waals surface area contributed by atoms with Gasteiger partial charge in [0.05, 0.1) is 26.2 Å². The average Bonchev–Trinajstić information content (AvgIpc) is 2.51. The largest absolute Gasteiger partial charge is 0.497 e. The van der Waals surface area contributed by atoms with Crippen LogP contribution >= 0.6 is 0 Å². The van der Waals surface area contributed by atoms with Gasteiger partial charge in [-0.25, -0.2) is 0 Å². The molecule has 1 aromatic rings. The maximum atomic E-state index is 11.7. The number of ether oxygens (including phenoxy) is 3. The highest BCUT2D eigenvalue weighted by Crippen LogP contribution is 2.30. The average molecular weight is 306 g/mol. The second-order valence-electron chi connectivity index (χ2n) is 6.36. The molecule has 4 atom stereocenters. The molecule has 0 aromatic heterocycles. The van der Waals surface area contributed by atoms with Crippen molar-refractivity contribution in [3.63, 3.8) is 0 Å². The Bertz CT molecular complexity index is 482. The Morgan fingerprint density at radius 1 is 1.27 bits per heavy atom. The molecule has 0 spiro atoms. The topological polar surface area (TPSA) is 44.8 Å². The Labute approximate surface area is 132 Å². The van der Waals surface area contributed by atoms with Crippen molar-refractivity contribution in [3.8, 4) is 5.75 Å². The van der Waals surface area contributed by atoms with E-state index in [0.717, 1.165) is 17.7 Å². The molecule has 0 amide bonds. The van der Waals surface area contributed by atoms with Gasteiger partial charge in [0.25, 0.3) is 0 Å². The molecular weight excluding hydrogens is 280 g/mol. The van der Waals surface area contributed by atoms with Crippen LogP contribution in [0.25, 0.3) is 0 Å². The molecule has 4 nitrogen and oxygen atoms in total. The van der Waals surface area contributed by atoms with Gasteiger partial charge >= 0.3 is 5.97 Å². The lowest BCUT2D eigenvalue weighted by Crippen LogP contribution is -2.41. The molecular formula is C18H26O4. The molecule has 1 aliphatic heterocycles. The Morgan fingerprint density at radius 3 is 2.59 bits per heavy atom. The Balaban J connectivity index is 1.79. The van der Waals surface area contributed by atoms with Crippen LogP contribution in [-0.2, 0) is 20.9 Å². The van der Waals surface area contributed by atoms with Crippen LogP contribution in [0.5, 0.6) is 5.75 Å². The van der Waals surface area contributed by atoms with Crippen molar-refractivity contribution < 1.29 is 19.0 Å². The molecule has 0 radical (unpaired) electrons. The molecule has 0 bridgehead atoms. The van der Waals surface area contributed by atoms with Crippen molar-refractivity contribution in [3.05, 3.63) is 29.8 Å². The highest BCUT2D eigenvalue weighted by Gasteiger charge is 2.35. The van der Waals surface area contributed by atoms with Gasteiger partial charge < -0.3 is 14.2 Å². The molecule has 4 heteroatoms. The number of rotatable bonds is 6. The molecule has 0 aliphatic carbocycles. The van der Waals surface area contributed by atoms with Crippen molar-refractivity contribution in [2.75, 3.05) is 13.7 Å². The van der Waals surface area contributed by atoms with Crippen LogP contribution in [0.4, 0.5) is 0 Å². The zero-order valence-corrected chi connectivity index (χ0v) is 13.9. The van der Waals surface area contributed by atoms with Crippen LogP contribution in [0, 0.1) is 17.8 Å². The SMILES string of the molecule is COc1ccc(COC[C@@H](C)[C@@H]2OC(=O)[C@H](C)C[C@@H]2C)cc1. The van der Waals surface area contributed by atoms with Gasteiger partial charge in [-0.3, -0.25) is 4.79 Å². The Hall–Kier alpha value is -1.55. The van der Waals surface area contributed by atoms with E-state index in [-0.39, 0.29) is 23.9 Å². The van der Waals surface area contributed by atoms with Gasteiger partial charge in [0.2, 0.25) is 0 Å². The summed E-state index contributed by atoms with van der Waals surface area (Å²) in [5.74, 6) is 1.36. The van der Waals surface area contributed by atoms with Crippen LogP contribution in [0.15, 0.2) is 24.3 Å². The number of benzene rings is 1. The fourth-order valence-corrected chi connectivity index (χ4v) is 3.01. The predicted molar refractivity (Wildman–Crippen MR) is 84.6 cm³/mol. The highest BCUT2D eigenvalue weighted by molar-refractivity contribution is 5.73. The minimum atomic E-state index is -0.0786. The van der Waals surface area contributed by atoms with E-state index in [2.05, 4.69) is 13.8 Å². The van der Waals surface area contributed by atoms with Crippen molar-refractivity contribution in [2.45, 2.75) is 39.9 Å². The highest BCUT2D eigenvalue weighted by atomic mass is 16.5. The third-order valence-electron chi connectivity index (χ3n) is 4.31. The minimum Gasteiger partial charge on any atom is -0.497 e. The number of hydrogen-bond donors (Lipinski definition) is 0. The fourth-order valence-electron chi connectivity index (χ4n) is 3.01. The fraction of sp³-hybridized carbons (Fsp3) is 0.611. The second kappa shape index (κ2) is 7.63. The summed E-state index contributed by atoms with van der Waals surface area (Å²) in [6.07, 6.45) is 0.853. The molecule has 0 unspecified atom stereocenters. The zero-order chi connectivity index (χ0) is 16.1. The van der Waals surface area contributed by atoms with Gasteiger partial charge in [0, 0.05) is 5.92 Å². The third kappa shape index (κ3) is 4.23. The molecule has 0 N–H and O–H groups in total. The van der Waals surface area contributed by atoms with Crippen LogP contribution in [0.1, 0.15) is 32.8 Å². The monoisotopic (exact) mass is 306 g/mol. The first-order chi connectivity index (χ1) is 10.5. The Morgan fingerprint density at radius 2 is 1.95 bits per heavy atom. The standard InChI is InChI=1S/C18H26O4/c1-12-9-13(2)18(19)22-17(12)14(3)10-21-11-15-5-7-16(20-4)8-6-15/h5-8,12-14,17H,9-11H2,1-4H3/t12-,13+,14+,17+/m0/s1. The smallest absolute Gasteiger partial charge is 0.308 e. The van der Waals surface area contributed by atoms with E-state index < -0.39 is 0 Å². The van der Waals surface area contributed by atoms with Crippen LogP contribution in [0.3, 0.4) is 0 Å². The summed E-state index contributed by atoms with van der Waals surface area (Å²) in [6.45, 7) is 7.30. The number of cyclic esters (lactones) is 1. The van der Waals surface area contributed by atoms with Gasteiger partial charge in [-0.2, -0.15) is 0 Å². The molecule has 1 aliphatic rings. The number of methoxy groups -OCH3 is 1. The molecule has 1 saturated heterocycles. The predicted octanol–water partition coefficient (Wildman–Crippen LogP) is 3.44. The van der Waals surface area contributed by atoms with E-state index >= 15 is 0 Å². The number of hydrogen-bond acceptors (Lipinski definition) is 4. The van der Waals surface area contributed by atoms with Crippen molar-refractivity contribution in [2.24, 2.45) is 17.8 Å². The van der Waals surface area contributed by atoms with Gasteiger partial charge in [0.1, 0.15) is 11.9 Å². The summed E-state index contributed by atoms with van der Waals surface area (Å²) in [6, 6.07) is 7.84. The first kappa shape index (κ1) is 16.8. The summed E-state index contributed by atoms with van der Waals surface area (Å²) in [5.41, 5.74) is 1.11. The quantitative estimate of drug-likeness (QED) is 0.755. The van der Waals surface area contributed by atoms with E-state index in [1.165, 1.54) is 0 Å². The van der Waals surface area contributed by atoms with Gasteiger partial charge in [-0.05, 0) is 30.0 Å². The van der Waals surface area contributed by atoms with Crippen LogP contribution in [-0.4, -0.2) is 25.8 Å². The van der Waals surface area contributed by atoms with Gasteiger partial charge in [-0.1, -0.05) is 32.9 Å². The summed E-state index contributed by atoms with van der Waals surface area (Å²) >= 11 is 0. The summed E-state index contributed by atoms with van der Waals surface area (Å²) in [7, 11) is 1.65. The maximum Gasteiger partial charge on any atom is 0.308 e. The van der Waals surface area contributed by atoms with Gasteiger partial charge in [-0.15, -0.1) is 0 Å². The first-order valence-corrected chi connectivity index (χ1v) is 7.92. The lowest BCUT2D eigenvalue weighted by atomic mass is 9.84. The summed E-state index contributed by atoms with van der Waals surface area (Å²) < 4.78 is 16.5. The van der Waals surface area contributed by atoms with Crippen molar-refractivity contribution >= 4 is 5.97 Å². The number of carbonyl (C=O) groups excluding carboxylic acids is 1. The van der Waals surface area contributed by atoms with E-state index in [4.69, 9.17) is 14.2 Å². The van der Waals surface area contributed by atoms with Crippen molar-refractivity contribution in [1.82, 2.24) is 0 Å². The minimum absolute atomic E-state index is 0.0127. The molecule has 2 rings (SSSR count). The van der Waals surface area contributed by atoms with Crippen molar-refractivity contribution in [1.29, 1.82) is 0 Å². The third-order valence-corrected chi connectivity index (χ3v) is 4.31. The molecule has 1 aromatic carbocycles. The van der Waals surface area contributed by atoms with E-state index in [9.17, 15) is 4.79 Å². The van der Waals surface area contributed by atoms with Crippen LogP contribution < -0.4 is 4.74 Å². The molecule has 1 fully saturated rings. The Kier molecular flexibility index (Phi) is 5.83. The molecule has 22 heavy (non-hydrogen) atoms. The zero-order valence-electron chi connectivity index (χ0n) is 13.9. The summed E-state index contributed by atoms with van der Waals surface area (Å²) in [4.78, 5) is 11.7. The summed E-state index contributed by atoms with van der Waals surface area (Å²) in [5, 5.41) is 0. The number of carbonyl (C=O) groups is 1. The number of esters is 1. The first-order valence-electron chi connectivity index (χ1n) is 7.92. The van der Waals surface area contributed by atoms with E-state index in [1.807, 2.05) is 31.2 Å². The maximum absolute atomic E-state index is 11.7. The lowest BCUT2D eigenvalue weighted by Gasteiger charge is -2.35. The molecule has 1 heterocycles. The second-order valence-corrected chi connectivity index (χ2v) is 6.36. The lowest BCUT2D eigenvalue weighted by molar-refractivity contribution is -0.170.